The highest BCUT2D eigenvalue weighted by atomic mass is 19.1. The molecule has 3 aromatic rings. The minimum absolute atomic E-state index is 0.0964. The molecule has 134 valence electrons. The molecule has 0 spiro atoms. The van der Waals surface area contributed by atoms with Gasteiger partial charge in [0.15, 0.2) is 0 Å². The molecule has 2 N–H and O–H groups in total. The van der Waals surface area contributed by atoms with Gasteiger partial charge in [-0.1, -0.05) is 30.3 Å². The molecule has 26 heavy (non-hydrogen) atoms. The summed E-state index contributed by atoms with van der Waals surface area (Å²) in [6, 6.07) is 14.1. The maximum Gasteiger partial charge on any atom is 0.133 e. The lowest BCUT2D eigenvalue weighted by Crippen LogP contribution is -2.10. The highest BCUT2D eigenvalue weighted by Gasteiger charge is 2.04. The van der Waals surface area contributed by atoms with Crippen LogP contribution in [0.3, 0.4) is 0 Å². The minimum atomic E-state index is -0.348. The number of nitrogens with zero attached hydrogens (tertiary/aromatic N) is 3. The lowest BCUT2D eigenvalue weighted by molar-refractivity contribution is 0.402. The molecule has 0 aliphatic carbocycles. The Morgan fingerprint density at radius 1 is 1.12 bits per heavy atom. The second kappa shape index (κ2) is 8.17. The molecule has 0 amide bonds. The average Bonchev–Trinajstić information content (AvgIpc) is 2.63. The third kappa shape index (κ3) is 4.71. The van der Waals surface area contributed by atoms with Crippen LogP contribution in [0.4, 0.5) is 4.39 Å². The number of benzene rings is 2. The van der Waals surface area contributed by atoms with Gasteiger partial charge in [-0.05, 0) is 49.0 Å². The Balaban J connectivity index is 1.77. The summed E-state index contributed by atoms with van der Waals surface area (Å²) in [7, 11) is 4.12. The lowest BCUT2D eigenvalue weighted by atomic mass is 10.1. The predicted octanol–water partition coefficient (Wildman–Crippen LogP) is 3.55. The van der Waals surface area contributed by atoms with Crippen LogP contribution in [0.25, 0.3) is 17.0 Å². The quantitative estimate of drug-likeness (QED) is 0.739. The summed E-state index contributed by atoms with van der Waals surface area (Å²) in [5.74, 6) is 0.425. The molecule has 0 aliphatic rings. The molecular weight excluding hydrogens is 327 g/mol. The molecule has 0 fully saturated rings. The van der Waals surface area contributed by atoms with Crippen LogP contribution in [0.2, 0.25) is 0 Å². The number of rotatable bonds is 6. The molecule has 2 aromatic carbocycles. The van der Waals surface area contributed by atoms with Gasteiger partial charge < -0.3 is 10.6 Å². The van der Waals surface area contributed by atoms with Crippen LogP contribution in [-0.2, 0) is 13.0 Å². The van der Waals surface area contributed by atoms with Crippen molar-refractivity contribution in [2.75, 3.05) is 20.6 Å². The third-order valence-corrected chi connectivity index (χ3v) is 4.06. The van der Waals surface area contributed by atoms with Gasteiger partial charge in [-0.3, -0.25) is 0 Å². The Morgan fingerprint density at radius 3 is 2.54 bits per heavy atom. The van der Waals surface area contributed by atoms with Gasteiger partial charge in [-0.15, -0.1) is 0 Å². The standard InChI is InChI=1S/C21H23FN4/c1-26(2)14-16-5-3-15(4-6-16)11-21-24-13-18-9-17(10-19(22)12-23)7-8-20(18)25-21/h3-10,13H,11-12,14,23H2,1-2H3/b19-10-. The van der Waals surface area contributed by atoms with Crippen molar-refractivity contribution in [3.8, 4) is 0 Å². The van der Waals surface area contributed by atoms with E-state index in [-0.39, 0.29) is 12.4 Å². The summed E-state index contributed by atoms with van der Waals surface area (Å²) in [4.78, 5) is 11.2. The first kappa shape index (κ1) is 18.2. The summed E-state index contributed by atoms with van der Waals surface area (Å²) in [6.07, 6.45) is 3.90. The summed E-state index contributed by atoms with van der Waals surface area (Å²) >= 11 is 0. The van der Waals surface area contributed by atoms with Crippen molar-refractivity contribution in [1.29, 1.82) is 0 Å². The van der Waals surface area contributed by atoms with Crippen LogP contribution in [0.5, 0.6) is 0 Å². The van der Waals surface area contributed by atoms with E-state index in [1.54, 1.807) is 6.20 Å². The van der Waals surface area contributed by atoms with E-state index in [0.29, 0.717) is 6.42 Å². The molecule has 0 saturated carbocycles. The second-order valence-electron chi connectivity index (χ2n) is 6.63. The van der Waals surface area contributed by atoms with Gasteiger partial charge in [0.2, 0.25) is 0 Å². The molecule has 1 heterocycles. The molecule has 1 aromatic heterocycles. The van der Waals surface area contributed by atoms with Gasteiger partial charge >= 0.3 is 0 Å². The third-order valence-electron chi connectivity index (χ3n) is 4.06. The molecule has 4 nitrogen and oxygen atoms in total. The van der Waals surface area contributed by atoms with E-state index in [9.17, 15) is 4.39 Å². The van der Waals surface area contributed by atoms with Gasteiger partial charge in [0.25, 0.3) is 0 Å². The summed E-state index contributed by atoms with van der Waals surface area (Å²) in [5.41, 5.74) is 9.36. The van der Waals surface area contributed by atoms with Crippen molar-refractivity contribution in [3.05, 3.63) is 77.0 Å². The molecule has 3 rings (SSSR count). The second-order valence-corrected chi connectivity index (χ2v) is 6.63. The Morgan fingerprint density at radius 2 is 1.85 bits per heavy atom. The fourth-order valence-corrected chi connectivity index (χ4v) is 2.82. The average molecular weight is 350 g/mol. The van der Waals surface area contributed by atoms with Crippen molar-refractivity contribution in [2.24, 2.45) is 5.73 Å². The molecule has 0 saturated heterocycles. The van der Waals surface area contributed by atoms with E-state index in [1.165, 1.54) is 17.2 Å². The first-order chi connectivity index (χ1) is 12.5. The molecule has 5 heteroatoms. The fourth-order valence-electron chi connectivity index (χ4n) is 2.82. The van der Waals surface area contributed by atoms with Crippen molar-refractivity contribution in [1.82, 2.24) is 14.9 Å². The number of fused-ring (bicyclic) bond motifs is 1. The smallest absolute Gasteiger partial charge is 0.133 e. The number of hydrogen-bond acceptors (Lipinski definition) is 4. The highest BCUT2D eigenvalue weighted by Crippen LogP contribution is 2.17. The summed E-state index contributed by atoms with van der Waals surface area (Å²) in [6.45, 7) is 0.828. The van der Waals surface area contributed by atoms with Crippen LogP contribution < -0.4 is 5.73 Å². The molecule has 0 aliphatic heterocycles. The van der Waals surface area contributed by atoms with Crippen LogP contribution in [0, 0.1) is 0 Å². The van der Waals surface area contributed by atoms with E-state index < -0.39 is 0 Å². The molecule has 0 radical (unpaired) electrons. The number of hydrogen-bond donors (Lipinski definition) is 1. The Bertz CT molecular complexity index is 917. The van der Waals surface area contributed by atoms with Gasteiger partial charge in [0.05, 0.1) is 5.52 Å². The highest BCUT2D eigenvalue weighted by molar-refractivity contribution is 5.80. The summed E-state index contributed by atoms with van der Waals surface area (Å²) < 4.78 is 13.3. The Hall–Kier alpha value is -2.63. The molecule has 0 atom stereocenters. The Labute approximate surface area is 153 Å². The maximum atomic E-state index is 13.3. The van der Waals surface area contributed by atoms with Crippen LogP contribution in [0.1, 0.15) is 22.5 Å². The zero-order chi connectivity index (χ0) is 18.5. The number of aromatic nitrogens is 2. The normalized spacial score (nSPS) is 12.1. The summed E-state index contributed by atoms with van der Waals surface area (Å²) in [5, 5.41) is 0.883. The van der Waals surface area contributed by atoms with Crippen molar-refractivity contribution in [2.45, 2.75) is 13.0 Å². The van der Waals surface area contributed by atoms with Crippen molar-refractivity contribution < 1.29 is 4.39 Å². The maximum absolute atomic E-state index is 13.3. The molecule has 0 bridgehead atoms. The van der Waals surface area contributed by atoms with E-state index in [0.717, 1.165) is 28.8 Å². The monoisotopic (exact) mass is 350 g/mol. The van der Waals surface area contributed by atoms with Crippen LogP contribution >= 0.6 is 0 Å². The van der Waals surface area contributed by atoms with Gasteiger partial charge in [-0.2, -0.15) is 0 Å². The first-order valence-corrected chi connectivity index (χ1v) is 8.58. The SMILES string of the molecule is CN(C)Cc1ccc(Cc2ncc3cc(/C=C(\F)CN)ccc3n2)cc1. The van der Waals surface area contributed by atoms with Crippen molar-refractivity contribution in [3.63, 3.8) is 0 Å². The zero-order valence-corrected chi connectivity index (χ0v) is 15.1. The largest absolute Gasteiger partial charge is 0.325 e. The number of halogens is 1. The van der Waals surface area contributed by atoms with E-state index in [4.69, 9.17) is 5.73 Å². The molecular formula is C21H23FN4. The van der Waals surface area contributed by atoms with Crippen LogP contribution in [0.15, 0.2) is 54.5 Å². The van der Waals surface area contributed by atoms with E-state index >= 15 is 0 Å². The first-order valence-electron chi connectivity index (χ1n) is 8.58. The molecule has 0 unspecified atom stereocenters. The van der Waals surface area contributed by atoms with Crippen LogP contribution in [-0.4, -0.2) is 35.5 Å². The van der Waals surface area contributed by atoms with E-state index in [1.807, 2.05) is 18.2 Å². The van der Waals surface area contributed by atoms with Gasteiger partial charge in [0.1, 0.15) is 11.7 Å². The predicted molar refractivity (Wildman–Crippen MR) is 104 cm³/mol. The van der Waals surface area contributed by atoms with Gasteiger partial charge in [-0.25, -0.2) is 14.4 Å². The van der Waals surface area contributed by atoms with E-state index in [2.05, 4.69) is 53.2 Å². The number of nitrogens with two attached hydrogens (primary N) is 1. The van der Waals surface area contributed by atoms with Gasteiger partial charge in [0, 0.05) is 31.1 Å². The van der Waals surface area contributed by atoms with Crippen molar-refractivity contribution >= 4 is 17.0 Å². The fraction of sp³-hybridized carbons (Fsp3) is 0.238. The Kier molecular flexibility index (Phi) is 5.71. The zero-order valence-electron chi connectivity index (χ0n) is 15.1. The lowest BCUT2D eigenvalue weighted by Gasteiger charge is -2.10. The minimum Gasteiger partial charge on any atom is -0.325 e. The topological polar surface area (TPSA) is 55.0 Å².